The predicted octanol–water partition coefficient (Wildman–Crippen LogP) is 2.61. The van der Waals surface area contributed by atoms with Crippen molar-refractivity contribution >= 4 is 30.0 Å². The summed E-state index contributed by atoms with van der Waals surface area (Å²) in [5, 5.41) is 8.76. The van der Waals surface area contributed by atoms with Gasteiger partial charge in [-0.1, -0.05) is 6.07 Å². The van der Waals surface area contributed by atoms with Crippen LogP contribution in [0.15, 0.2) is 24.3 Å². The van der Waals surface area contributed by atoms with Crippen molar-refractivity contribution in [1.82, 2.24) is 15.5 Å². The van der Waals surface area contributed by atoms with Gasteiger partial charge in [0, 0.05) is 31.2 Å². The van der Waals surface area contributed by atoms with Gasteiger partial charge in [0.2, 0.25) is 5.91 Å². The maximum atomic E-state index is 13.2. The van der Waals surface area contributed by atoms with Crippen molar-refractivity contribution in [1.29, 1.82) is 0 Å². The average molecular weight is 399 g/mol. The molecule has 150 valence electrons. The van der Waals surface area contributed by atoms with Gasteiger partial charge in [0.15, 0.2) is 0 Å². The summed E-state index contributed by atoms with van der Waals surface area (Å²) in [5.41, 5.74) is 0.425. The maximum Gasteiger partial charge on any atom is 0.319 e. The number of anilines is 1. The molecule has 2 aliphatic rings. The van der Waals surface area contributed by atoms with Gasteiger partial charge < -0.3 is 20.9 Å². The van der Waals surface area contributed by atoms with Crippen LogP contribution in [-0.2, 0) is 4.79 Å². The minimum absolute atomic E-state index is 0. The lowest BCUT2D eigenvalue weighted by Crippen LogP contribution is -2.47. The monoisotopic (exact) mass is 398 g/mol. The van der Waals surface area contributed by atoms with E-state index >= 15 is 0 Å². The van der Waals surface area contributed by atoms with Crippen LogP contribution in [0.4, 0.5) is 14.9 Å². The number of benzene rings is 1. The molecule has 0 aromatic heterocycles. The topological polar surface area (TPSA) is 73.5 Å². The predicted molar refractivity (Wildman–Crippen MR) is 106 cm³/mol. The number of likely N-dealkylation sites (tertiary alicyclic amines) is 1. The van der Waals surface area contributed by atoms with Crippen molar-refractivity contribution < 1.29 is 14.0 Å². The van der Waals surface area contributed by atoms with E-state index in [4.69, 9.17) is 0 Å². The maximum absolute atomic E-state index is 13.2. The van der Waals surface area contributed by atoms with E-state index in [0.717, 1.165) is 45.3 Å². The summed E-state index contributed by atoms with van der Waals surface area (Å²) in [6.07, 6.45) is 3.79. The molecule has 2 fully saturated rings. The number of piperidine rings is 2. The van der Waals surface area contributed by atoms with Crippen LogP contribution in [0.1, 0.15) is 25.7 Å². The van der Waals surface area contributed by atoms with Crippen LogP contribution < -0.4 is 16.0 Å². The highest BCUT2D eigenvalue weighted by molar-refractivity contribution is 5.89. The van der Waals surface area contributed by atoms with Crippen molar-refractivity contribution in [2.75, 3.05) is 38.0 Å². The fourth-order valence-corrected chi connectivity index (χ4v) is 3.74. The van der Waals surface area contributed by atoms with Gasteiger partial charge in [-0.25, -0.2) is 9.18 Å². The summed E-state index contributed by atoms with van der Waals surface area (Å²) in [7, 11) is 0. The molecule has 1 atom stereocenters. The zero-order valence-electron chi connectivity index (χ0n) is 15.4. The molecule has 27 heavy (non-hydrogen) atoms. The summed E-state index contributed by atoms with van der Waals surface area (Å²) in [5.74, 6) is 0.273. The molecule has 0 bridgehead atoms. The van der Waals surface area contributed by atoms with E-state index in [0.29, 0.717) is 18.8 Å². The van der Waals surface area contributed by atoms with Crippen LogP contribution >= 0.6 is 12.4 Å². The number of nitrogens with one attached hydrogen (secondary N) is 3. The highest BCUT2D eigenvalue weighted by Gasteiger charge is 2.29. The van der Waals surface area contributed by atoms with E-state index in [2.05, 4.69) is 16.0 Å². The van der Waals surface area contributed by atoms with Gasteiger partial charge in [-0.05, 0) is 62.9 Å². The zero-order chi connectivity index (χ0) is 18.4. The normalized spacial score (nSPS) is 20.5. The Balaban J connectivity index is 0.00000261. The van der Waals surface area contributed by atoms with E-state index in [9.17, 15) is 14.0 Å². The molecule has 1 aromatic carbocycles. The summed E-state index contributed by atoms with van der Waals surface area (Å²) in [4.78, 5) is 26.6. The molecule has 3 amide bonds. The van der Waals surface area contributed by atoms with Crippen LogP contribution in [0.5, 0.6) is 0 Å². The summed E-state index contributed by atoms with van der Waals surface area (Å²) >= 11 is 0. The molecular formula is C19H28ClFN4O2. The van der Waals surface area contributed by atoms with Crippen molar-refractivity contribution in [3.05, 3.63) is 30.1 Å². The van der Waals surface area contributed by atoms with Crippen molar-refractivity contribution in [2.24, 2.45) is 11.8 Å². The van der Waals surface area contributed by atoms with Gasteiger partial charge in [-0.3, -0.25) is 4.79 Å². The molecule has 2 aliphatic heterocycles. The molecule has 8 heteroatoms. The fourth-order valence-electron chi connectivity index (χ4n) is 3.74. The number of rotatable bonds is 4. The second-order valence-electron chi connectivity index (χ2n) is 7.16. The van der Waals surface area contributed by atoms with Gasteiger partial charge in [-0.15, -0.1) is 12.4 Å². The lowest BCUT2D eigenvalue weighted by Gasteiger charge is -2.36. The number of amides is 3. The fraction of sp³-hybridized carbons (Fsp3) is 0.579. The second kappa shape index (κ2) is 10.5. The first-order valence-electron chi connectivity index (χ1n) is 9.42. The standard InChI is InChI=1S/C19H27FN4O2.ClH/c20-16-4-1-5-17(11-16)23-19(26)22-12-14-3-2-10-24(13-14)18(25)15-6-8-21-9-7-15;/h1,4-5,11,14-15,21H,2-3,6-10,12-13H2,(H2,22,23,26);1H. The number of carbonyl (C=O) groups excluding carboxylic acids is 2. The molecule has 2 heterocycles. The number of halogens is 2. The molecule has 3 rings (SSSR count). The van der Waals surface area contributed by atoms with Gasteiger partial charge in [0.05, 0.1) is 0 Å². The lowest BCUT2D eigenvalue weighted by atomic mass is 9.93. The summed E-state index contributed by atoms with van der Waals surface area (Å²) < 4.78 is 13.2. The third kappa shape index (κ3) is 6.36. The minimum atomic E-state index is -0.387. The Morgan fingerprint density at radius 3 is 2.74 bits per heavy atom. The molecule has 1 unspecified atom stereocenters. The first kappa shape index (κ1) is 21.4. The Bertz CT molecular complexity index is 640. The van der Waals surface area contributed by atoms with Crippen LogP contribution in [0.2, 0.25) is 0 Å². The summed E-state index contributed by atoms with van der Waals surface area (Å²) in [6, 6.07) is 5.45. The average Bonchev–Trinajstić information content (AvgIpc) is 2.67. The van der Waals surface area contributed by atoms with Crippen molar-refractivity contribution in [2.45, 2.75) is 25.7 Å². The first-order chi connectivity index (χ1) is 12.6. The van der Waals surface area contributed by atoms with Crippen LogP contribution in [0.25, 0.3) is 0 Å². The van der Waals surface area contributed by atoms with E-state index < -0.39 is 0 Å². The smallest absolute Gasteiger partial charge is 0.319 e. The third-order valence-electron chi connectivity index (χ3n) is 5.15. The molecule has 0 spiro atoms. The molecular weight excluding hydrogens is 371 g/mol. The Hall–Kier alpha value is -1.86. The number of urea groups is 1. The van der Waals surface area contributed by atoms with E-state index in [-0.39, 0.29) is 42.0 Å². The lowest BCUT2D eigenvalue weighted by molar-refractivity contribution is -0.138. The van der Waals surface area contributed by atoms with Crippen LogP contribution in [-0.4, -0.2) is 49.6 Å². The molecule has 1 aromatic rings. The highest BCUT2D eigenvalue weighted by atomic mass is 35.5. The summed E-state index contributed by atoms with van der Waals surface area (Å²) in [6.45, 7) is 3.85. The first-order valence-corrected chi connectivity index (χ1v) is 9.42. The number of carbonyl (C=O) groups is 2. The molecule has 3 N–H and O–H groups in total. The second-order valence-corrected chi connectivity index (χ2v) is 7.16. The van der Waals surface area contributed by atoms with Crippen LogP contribution in [0, 0.1) is 17.7 Å². The molecule has 0 saturated carbocycles. The molecule has 6 nitrogen and oxygen atoms in total. The quantitative estimate of drug-likeness (QED) is 0.729. The van der Waals surface area contributed by atoms with Gasteiger partial charge >= 0.3 is 6.03 Å². The van der Waals surface area contributed by atoms with Gasteiger partial charge in [-0.2, -0.15) is 0 Å². The van der Waals surface area contributed by atoms with E-state index in [1.54, 1.807) is 12.1 Å². The Kier molecular flexibility index (Phi) is 8.31. The van der Waals surface area contributed by atoms with Gasteiger partial charge in [0.25, 0.3) is 0 Å². The number of hydrogen-bond acceptors (Lipinski definition) is 3. The molecule has 2 saturated heterocycles. The highest BCUT2D eigenvalue weighted by Crippen LogP contribution is 2.21. The molecule has 0 aliphatic carbocycles. The zero-order valence-corrected chi connectivity index (χ0v) is 16.2. The Labute approximate surface area is 165 Å². The SMILES string of the molecule is Cl.O=C(NCC1CCCN(C(=O)C2CCNCC2)C1)Nc1cccc(F)c1. The van der Waals surface area contributed by atoms with E-state index in [1.807, 2.05) is 4.90 Å². The van der Waals surface area contributed by atoms with Crippen molar-refractivity contribution in [3.8, 4) is 0 Å². The number of hydrogen-bond donors (Lipinski definition) is 3. The Morgan fingerprint density at radius 1 is 1.22 bits per heavy atom. The Morgan fingerprint density at radius 2 is 2.00 bits per heavy atom. The minimum Gasteiger partial charge on any atom is -0.342 e. The third-order valence-corrected chi connectivity index (χ3v) is 5.15. The number of nitrogens with zero attached hydrogens (tertiary/aromatic N) is 1. The van der Waals surface area contributed by atoms with E-state index in [1.165, 1.54) is 12.1 Å². The molecule has 0 radical (unpaired) electrons. The van der Waals surface area contributed by atoms with Crippen molar-refractivity contribution in [3.63, 3.8) is 0 Å². The largest absolute Gasteiger partial charge is 0.342 e. The van der Waals surface area contributed by atoms with Gasteiger partial charge in [0.1, 0.15) is 5.82 Å². The van der Waals surface area contributed by atoms with Crippen LogP contribution in [0.3, 0.4) is 0 Å².